The zero-order valence-electron chi connectivity index (χ0n) is 15.3. The van der Waals surface area contributed by atoms with Gasteiger partial charge in [-0.3, -0.25) is 19.6 Å². The van der Waals surface area contributed by atoms with Gasteiger partial charge in [0.25, 0.3) is 21.6 Å². The van der Waals surface area contributed by atoms with Crippen molar-refractivity contribution < 1.29 is 18.1 Å². The second kappa shape index (κ2) is 8.17. The molecule has 8 nitrogen and oxygen atoms in total. The Morgan fingerprint density at radius 2 is 1.70 bits per heavy atom. The van der Waals surface area contributed by atoms with Crippen molar-refractivity contribution in [2.45, 2.75) is 25.7 Å². The van der Waals surface area contributed by atoms with E-state index in [1.807, 2.05) is 13.8 Å². The molecule has 0 fully saturated rings. The quantitative estimate of drug-likeness (QED) is 0.576. The van der Waals surface area contributed by atoms with Crippen LogP contribution in [-0.2, 0) is 10.0 Å². The Labute approximate surface area is 158 Å². The molecule has 0 aliphatic heterocycles. The molecular formula is C18H21N3O5S. The lowest BCUT2D eigenvalue weighted by atomic mass is 10.2. The monoisotopic (exact) mass is 391 g/mol. The highest BCUT2D eigenvalue weighted by Crippen LogP contribution is 2.28. The summed E-state index contributed by atoms with van der Waals surface area (Å²) < 4.78 is 27.7. The third-order valence-electron chi connectivity index (χ3n) is 4.09. The number of nitrogens with one attached hydrogen (secondary N) is 1. The van der Waals surface area contributed by atoms with E-state index in [2.05, 4.69) is 4.72 Å². The number of hydrogen-bond donors (Lipinski definition) is 1. The van der Waals surface area contributed by atoms with E-state index in [4.69, 9.17) is 0 Å². The van der Waals surface area contributed by atoms with Gasteiger partial charge >= 0.3 is 0 Å². The van der Waals surface area contributed by atoms with Crippen LogP contribution in [-0.4, -0.2) is 37.2 Å². The van der Waals surface area contributed by atoms with E-state index >= 15 is 0 Å². The molecule has 0 saturated carbocycles. The highest BCUT2D eigenvalue weighted by atomic mass is 32.2. The van der Waals surface area contributed by atoms with Crippen LogP contribution in [0, 0.1) is 17.0 Å². The maximum absolute atomic E-state index is 12.7. The molecule has 144 valence electrons. The van der Waals surface area contributed by atoms with Gasteiger partial charge in [-0.05, 0) is 50.6 Å². The Hall–Kier alpha value is -2.94. The molecule has 2 rings (SSSR count). The number of nitrogens with zero attached hydrogens (tertiary/aromatic N) is 2. The molecule has 0 spiro atoms. The van der Waals surface area contributed by atoms with Crippen LogP contribution < -0.4 is 4.72 Å². The molecule has 1 amide bonds. The molecule has 0 unspecified atom stereocenters. The summed E-state index contributed by atoms with van der Waals surface area (Å²) in [6.45, 7) is 6.38. The van der Waals surface area contributed by atoms with Crippen LogP contribution in [0.25, 0.3) is 0 Å². The molecule has 2 aromatic rings. The van der Waals surface area contributed by atoms with Gasteiger partial charge in [-0.1, -0.05) is 12.1 Å². The fraction of sp³-hybridized carbons (Fsp3) is 0.278. The maximum atomic E-state index is 12.7. The van der Waals surface area contributed by atoms with E-state index in [-0.39, 0.29) is 22.1 Å². The second-order valence-electron chi connectivity index (χ2n) is 5.84. The number of carbonyl (C=O) groups excluding carboxylic acids is 1. The molecule has 0 aliphatic carbocycles. The van der Waals surface area contributed by atoms with Crippen molar-refractivity contribution in [3.8, 4) is 0 Å². The third kappa shape index (κ3) is 4.43. The standard InChI is InChI=1S/C18H21N3O5S/c1-4-20(5-2)18(22)14-9-11-15(12-10-14)19-27(25,26)17-13(3)7-6-8-16(17)21(23)24/h6-12,19H,4-5H2,1-3H3. The molecule has 0 radical (unpaired) electrons. The van der Waals surface area contributed by atoms with Crippen LogP contribution in [0.4, 0.5) is 11.4 Å². The minimum absolute atomic E-state index is 0.149. The van der Waals surface area contributed by atoms with Crippen molar-refractivity contribution >= 4 is 27.3 Å². The fourth-order valence-electron chi connectivity index (χ4n) is 2.71. The van der Waals surface area contributed by atoms with Gasteiger partial charge in [0, 0.05) is 30.4 Å². The summed E-state index contributed by atoms with van der Waals surface area (Å²) in [5.41, 5.74) is 0.424. The highest BCUT2D eigenvalue weighted by Gasteiger charge is 2.28. The average Bonchev–Trinajstić information content (AvgIpc) is 2.62. The lowest BCUT2D eigenvalue weighted by Crippen LogP contribution is -2.30. The maximum Gasteiger partial charge on any atom is 0.290 e. The van der Waals surface area contributed by atoms with Crippen molar-refractivity contribution in [1.29, 1.82) is 0 Å². The first kappa shape index (κ1) is 20.4. The summed E-state index contributed by atoms with van der Waals surface area (Å²) in [6.07, 6.45) is 0. The fourth-order valence-corrected chi connectivity index (χ4v) is 4.17. The molecule has 0 bridgehead atoms. The summed E-state index contributed by atoms with van der Waals surface area (Å²) in [6, 6.07) is 10.0. The number of nitro benzene ring substituents is 1. The number of rotatable bonds is 7. The predicted molar refractivity (Wildman–Crippen MR) is 102 cm³/mol. The van der Waals surface area contributed by atoms with Gasteiger partial charge < -0.3 is 4.90 Å². The van der Waals surface area contributed by atoms with Gasteiger partial charge in [0.2, 0.25) is 0 Å². The molecule has 1 N–H and O–H groups in total. The summed E-state index contributed by atoms with van der Waals surface area (Å²) >= 11 is 0. The van der Waals surface area contributed by atoms with Crippen molar-refractivity contribution in [1.82, 2.24) is 4.90 Å². The van der Waals surface area contributed by atoms with E-state index < -0.39 is 20.6 Å². The van der Waals surface area contributed by atoms with Gasteiger partial charge in [0.1, 0.15) is 0 Å². The Bertz CT molecular complexity index is 951. The Kier molecular flexibility index (Phi) is 6.17. The van der Waals surface area contributed by atoms with Gasteiger partial charge in [-0.2, -0.15) is 0 Å². The summed E-state index contributed by atoms with van der Waals surface area (Å²) in [5, 5.41) is 11.2. The van der Waals surface area contributed by atoms with Crippen molar-refractivity contribution in [2.75, 3.05) is 17.8 Å². The number of nitro groups is 1. The first-order valence-electron chi connectivity index (χ1n) is 8.37. The number of anilines is 1. The van der Waals surface area contributed by atoms with Crippen LogP contribution in [0.15, 0.2) is 47.4 Å². The number of benzene rings is 2. The summed E-state index contributed by atoms with van der Waals surface area (Å²) in [7, 11) is -4.17. The molecule has 0 heterocycles. The zero-order chi connectivity index (χ0) is 20.2. The van der Waals surface area contributed by atoms with Gasteiger partial charge in [0.05, 0.1) is 4.92 Å². The van der Waals surface area contributed by atoms with Gasteiger partial charge in [-0.25, -0.2) is 8.42 Å². The first-order chi connectivity index (χ1) is 12.7. The van der Waals surface area contributed by atoms with Crippen molar-refractivity contribution in [3.05, 3.63) is 63.7 Å². The summed E-state index contributed by atoms with van der Waals surface area (Å²) in [4.78, 5) is 24.0. The van der Waals surface area contributed by atoms with E-state index in [1.165, 1.54) is 43.3 Å². The normalized spacial score (nSPS) is 11.1. The zero-order valence-corrected chi connectivity index (χ0v) is 16.1. The number of sulfonamides is 1. The minimum atomic E-state index is -4.17. The molecule has 0 aliphatic rings. The average molecular weight is 391 g/mol. The van der Waals surface area contributed by atoms with Crippen LogP contribution in [0.3, 0.4) is 0 Å². The lowest BCUT2D eigenvalue weighted by molar-refractivity contribution is -0.387. The van der Waals surface area contributed by atoms with E-state index in [0.29, 0.717) is 18.7 Å². The Morgan fingerprint density at radius 3 is 2.22 bits per heavy atom. The third-order valence-corrected chi connectivity index (χ3v) is 5.66. The molecular weight excluding hydrogens is 370 g/mol. The van der Waals surface area contributed by atoms with Crippen LogP contribution >= 0.6 is 0 Å². The molecule has 0 aromatic heterocycles. The lowest BCUT2D eigenvalue weighted by Gasteiger charge is -2.18. The summed E-state index contributed by atoms with van der Waals surface area (Å²) in [5.74, 6) is -0.149. The van der Waals surface area contributed by atoms with Gasteiger partial charge in [0.15, 0.2) is 4.90 Å². The number of hydrogen-bond acceptors (Lipinski definition) is 5. The van der Waals surface area contributed by atoms with Crippen molar-refractivity contribution in [3.63, 3.8) is 0 Å². The molecule has 2 aromatic carbocycles. The number of amides is 1. The van der Waals surface area contributed by atoms with Gasteiger partial charge in [-0.15, -0.1) is 0 Å². The van der Waals surface area contributed by atoms with Crippen molar-refractivity contribution in [2.24, 2.45) is 0 Å². The molecule has 0 saturated heterocycles. The van der Waals surface area contributed by atoms with Crippen LogP contribution in [0.2, 0.25) is 0 Å². The van der Waals surface area contributed by atoms with E-state index in [1.54, 1.807) is 4.90 Å². The van der Waals surface area contributed by atoms with Crippen LogP contribution in [0.5, 0.6) is 0 Å². The first-order valence-corrected chi connectivity index (χ1v) is 9.85. The Balaban J connectivity index is 2.32. The SMILES string of the molecule is CCN(CC)C(=O)c1ccc(NS(=O)(=O)c2c(C)cccc2[N+](=O)[O-])cc1. The van der Waals surface area contributed by atoms with E-state index in [9.17, 15) is 23.3 Å². The Morgan fingerprint density at radius 1 is 1.11 bits per heavy atom. The smallest absolute Gasteiger partial charge is 0.290 e. The highest BCUT2D eigenvalue weighted by molar-refractivity contribution is 7.93. The minimum Gasteiger partial charge on any atom is -0.339 e. The molecule has 27 heavy (non-hydrogen) atoms. The molecule has 0 atom stereocenters. The number of aryl methyl sites for hydroxylation is 1. The second-order valence-corrected chi connectivity index (χ2v) is 7.46. The topological polar surface area (TPSA) is 110 Å². The van der Waals surface area contributed by atoms with Crippen LogP contribution in [0.1, 0.15) is 29.8 Å². The predicted octanol–water partition coefficient (Wildman–Crippen LogP) is 3.19. The molecule has 9 heteroatoms. The largest absolute Gasteiger partial charge is 0.339 e. The number of carbonyl (C=O) groups is 1. The van der Waals surface area contributed by atoms with E-state index in [0.717, 1.165) is 6.07 Å².